The van der Waals surface area contributed by atoms with E-state index in [2.05, 4.69) is 15.3 Å². The molecule has 0 bridgehead atoms. The number of aromatic nitrogens is 3. The molecule has 6 heteroatoms. The minimum absolute atomic E-state index is 0.442. The van der Waals surface area contributed by atoms with Gasteiger partial charge in [-0.05, 0) is 31.2 Å². The van der Waals surface area contributed by atoms with Gasteiger partial charge in [-0.2, -0.15) is 0 Å². The van der Waals surface area contributed by atoms with Gasteiger partial charge in [-0.1, -0.05) is 23.7 Å². The van der Waals surface area contributed by atoms with Gasteiger partial charge in [0.2, 0.25) is 5.95 Å². The van der Waals surface area contributed by atoms with Gasteiger partial charge >= 0.3 is 0 Å². The number of aliphatic hydroxyl groups excluding tert-OH is 1. The van der Waals surface area contributed by atoms with E-state index in [0.717, 1.165) is 22.7 Å². The number of benzene rings is 1. The Balaban J connectivity index is 1.97. The molecule has 2 N–H and O–H groups in total. The molecule has 0 spiro atoms. The Hall–Kier alpha value is -2.11. The average Bonchev–Trinajstić information content (AvgIpc) is 2.85. The lowest BCUT2D eigenvalue weighted by Crippen LogP contribution is -2.18. The second kappa shape index (κ2) is 6.34. The summed E-state index contributed by atoms with van der Waals surface area (Å²) in [6.45, 7) is 2.76. The molecule has 0 saturated heterocycles. The van der Waals surface area contributed by atoms with E-state index >= 15 is 0 Å². The van der Waals surface area contributed by atoms with E-state index in [4.69, 9.17) is 11.6 Å². The summed E-state index contributed by atoms with van der Waals surface area (Å²) < 4.78 is 2.05. The van der Waals surface area contributed by atoms with Gasteiger partial charge in [-0.3, -0.25) is 4.98 Å². The van der Waals surface area contributed by atoms with E-state index < -0.39 is 6.10 Å². The fourth-order valence-corrected chi connectivity index (χ4v) is 2.38. The molecule has 2 aromatic heterocycles. The van der Waals surface area contributed by atoms with Crippen LogP contribution in [0.4, 0.5) is 5.95 Å². The molecule has 3 aromatic rings. The van der Waals surface area contributed by atoms with Crippen molar-refractivity contribution in [1.82, 2.24) is 14.5 Å². The Morgan fingerprint density at radius 1 is 1.27 bits per heavy atom. The van der Waals surface area contributed by atoms with Crippen LogP contribution in [-0.4, -0.2) is 32.3 Å². The van der Waals surface area contributed by atoms with Crippen LogP contribution in [0.2, 0.25) is 5.02 Å². The van der Waals surface area contributed by atoms with Crippen molar-refractivity contribution >= 4 is 28.6 Å². The molecule has 0 aliphatic carbocycles. The fraction of sp³-hybridized carbons (Fsp3) is 0.250. The monoisotopic (exact) mass is 316 g/mol. The predicted molar refractivity (Wildman–Crippen MR) is 88.3 cm³/mol. The largest absolute Gasteiger partial charge is 0.392 e. The molecule has 5 nitrogen and oxygen atoms in total. The highest BCUT2D eigenvalue weighted by atomic mass is 35.5. The van der Waals surface area contributed by atoms with Crippen molar-refractivity contribution in [3.05, 3.63) is 53.3 Å². The summed E-state index contributed by atoms with van der Waals surface area (Å²) in [5.41, 5.74) is 2.82. The molecule has 22 heavy (non-hydrogen) atoms. The van der Waals surface area contributed by atoms with Gasteiger partial charge in [-0.25, -0.2) is 4.98 Å². The number of halogens is 1. The zero-order valence-corrected chi connectivity index (χ0v) is 13.0. The normalized spacial score (nSPS) is 12.5. The highest BCUT2D eigenvalue weighted by Crippen LogP contribution is 2.21. The summed E-state index contributed by atoms with van der Waals surface area (Å²) in [5.74, 6) is 0.721. The number of para-hydroxylation sites is 2. The lowest BCUT2D eigenvalue weighted by atomic mass is 10.3. The van der Waals surface area contributed by atoms with Crippen LogP contribution in [0.15, 0.2) is 42.6 Å². The molecule has 0 amide bonds. The summed E-state index contributed by atoms with van der Waals surface area (Å²) in [5, 5.41) is 13.3. The molecule has 0 saturated carbocycles. The molecule has 0 aliphatic heterocycles. The Labute approximate surface area is 133 Å². The van der Waals surface area contributed by atoms with Crippen molar-refractivity contribution < 1.29 is 5.11 Å². The van der Waals surface area contributed by atoms with Crippen LogP contribution in [0.5, 0.6) is 0 Å². The van der Waals surface area contributed by atoms with Crippen molar-refractivity contribution in [2.45, 2.75) is 19.6 Å². The minimum atomic E-state index is -0.443. The van der Waals surface area contributed by atoms with E-state index in [1.54, 1.807) is 13.1 Å². The molecule has 0 radical (unpaired) electrons. The standard InChI is InChI=1S/C16H17ClN4O/c1-11(22)8-19-16-20-14-4-2-3-5-15(14)21(16)10-13-7-6-12(17)9-18-13/h2-7,9,11,22H,8,10H2,1H3,(H,19,20). The maximum Gasteiger partial charge on any atom is 0.204 e. The van der Waals surface area contributed by atoms with Crippen LogP contribution in [0.3, 0.4) is 0 Å². The molecular formula is C16H17ClN4O. The first kappa shape index (κ1) is 14.8. The number of pyridine rings is 1. The fourth-order valence-electron chi connectivity index (χ4n) is 2.27. The first-order valence-corrected chi connectivity index (χ1v) is 7.49. The summed E-state index contributed by atoms with van der Waals surface area (Å²) in [4.78, 5) is 8.92. The minimum Gasteiger partial charge on any atom is -0.392 e. The molecule has 2 heterocycles. The predicted octanol–water partition coefficient (Wildman–Crippen LogP) is 2.93. The highest BCUT2D eigenvalue weighted by Gasteiger charge is 2.11. The number of anilines is 1. The number of nitrogens with zero attached hydrogens (tertiary/aromatic N) is 3. The Morgan fingerprint density at radius 2 is 2.09 bits per heavy atom. The number of fused-ring (bicyclic) bond motifs is 1. The first-order chi connectivity index (χ1) is 10.6. The van der Waals surface area contributed by atoms with Gasteiger partial charge in [0.25, 0.3) is 0 Å². The molecule has 0 fully saturated rings. The smallest absolute Gasteiger partial charge is 0.204 e. The van der Waals surface area contributed by atoms with Crippen LogP contribution in [0.1, 0.15) is 12.6 Å². The number of hydrogen-bond donors (Lipinski definition) is 2. The molecule has 114 valence electrons. The summed E-state index contributed by atoms with van der Waals surface area (Å²) >= 11 is 5.88. The van der Waals surface area contributed by atoms with Crippen molar-refractivity contribution in [2.24, 2.45) is 0 Å². The van der Waals surface area contributed by atoms with Gasteiger partial charge < -0.3 is 15.0 Å². The van der Waals surface area contributed by atoms with Gasteiger partial charge in [0.05, 0.1) is 34.4 Å². The number of hydrogen-bond acceptors (Lipinski definition) is 4. The second-order valence-corrected chi connectivity index (χ2v) is 5.64. The third-order valence-corrected chi connectivity index (χ3v) is 3.54. The maximum atomic E-state index is 9.47. The summed E-state index contributed by atoms with van der Waals surface area (Å²) in [7, 11) is 0. The molecule has 1 atom stereocenters. The van der Waals surface area contributed by atoms with E-state index in [9.17, 15) is 5.11 Å². The Morgan fingerprint density at radius 3 is 2.82 bits per heavy atom. The molecule has 1 aromatic carbocycles. The number of rotatable bonds is 5. The zero-order chi connectivity index (χ0) is 15.5. The van der Waals surface area contributed by atoms with E-state index in [-0.39, 0.29) is 0 Å². The van der Waals surface area contributed by atoms with Crippen LogP contribution in [-0.2, 0) is 6.54 Å². The van der Waals surface area contributed by atoms with Gasteiger partial charge in [0.15, 0.2) is 0 Å². The average molecular weight is 317 g/mol. The Bertz CT molecular complexity index is 767. The zero-order valence-electron chi connectivity index (χ0n) is 12.2. The lowest BCUT2D eigenvalue weighted by molar-refractivity contribution is 0.208. The second-order valence-electron chi connectivity index (χ2n) is 5.21. The maximum absolute atomic E-state index is 9.47. The van der Waals surface area contributed by atoms with Crippen molar-refractivity contribution in [3.63, 3.8) is 0 Å². The number of nitrogens with one attached hydrogen (secondary N) is 1. The molecule has 1 unspecified atom stereocenters. The van der Waals surface area contributed by atoms with Crippen molar-refractivity contribution in [3.8, 4) is 0 Å². The third kappa shape index (κ3) is 3.21. The number of imidazole rings is 1. The van der Waals surface area contributed by atoms with Crippen LogP contribution in [0.25, 0.3) is 11.0 Å². The van der Waals surface area contributed by atoms with Crippen LogP contribution in [0, 0.1) is 0 Å². The molecule has 3 rings (SSSR count). The van der Waals surface area contributed by atoms with Crippen LogP contribution >= 0.6 is 11.6 Å². The van der Waals surface area contributed by atoms with E-state index in [0.29, 0.717) is 18.1 Å². The van der Waals surface area contributed by atoms with E-state index in [1.165, 1.54) is 0 Å². The van der Waals surface area contributed by atoms with E-state index in [1.807, 2.05) is 41.0 Å². The molecular weight excluding hydrogens is 300 g/mol. The van der Waals surface area contributed by atoms with Gasteiger partial charge in [0, 0.05) is 12.7 Å². The van der Waals surface area contributed by atoms with Gasteiger partial charge in [-0.15, -0.1) is 0 Å². The van der Waals surface area contributed by atoms with Crippen molar-refractivity contribution in [2.75, 3.05) is 11.9 Å². The third-order valence-electron chi connectivity index (χ3n) is 3.32. The van der Waals surface area contributed by atoms with Crippen molar-refractivity contribution in [1.29, 1.82) is 0 Å². The number of aliphatic hydroxyl groups is 1. The lowest BCUT2D eigenvalue weighted by Gasteiger charge is -2.11. The molecule has 0 aliphatic rings. The topological polar surface area (TPSA) is 63.0 Å². The van der Waals surface area contributed by atoms with Gasteiger partial charge in [0.1, 0.15) is 0 Å². The quantitative estimate of drug-likeness (QED) is 0.759. The SMILES string of the molecule is CC(O)CNc1nc2ccccc2n1Cc1ccc(Cl)cn1. The Kier molecular flexibility index (Phi) is 4.27. The summed E-state index contributed by atoms with van der Waals surface area (Å²) in [6, 6.07) is 11.6. The van der Waals surface area contributed by atoms with Crippen LogP contribution < -0.4 is 5.32 Å². The highest BCUT2D eigenvalue weighted by molar-refractivity contribution is 6.30. The summed E-state index contributed by atoms with van der Waals surface area (Å²) in [6.07, 6.45) is 1.20. The first-order valence-electron chi connectivity index (χ1n) is 7.11.